The first-order valence-electron chi connectivity index (χ1n) is 6.47. The molecule has 1 aliphatic rings. The maximum Gasteiger partial charge on any atom is 0.123 e. The van der Waals surface area contributed by atoms with Gasteiger partial charge in [0.2, 0.25) is 0 Å². The molecule has 1 aromatic carbocycles. The number of piperidine rings is 1. The maximum absolute atomic E-state index is 13.1. The fourth-order valence-corrected chi connectivity index (χ4v) is 2.42. The Balaban J connectivity index is 1.90. The lowest BCUT2D eigenvalue weighted by Gasteiger charge is -2.35. The minimum absolute atomic E-state index is 0.157. The first-order chi connectivity index (χ1) is 8.56. The average molecular weight is 252 g/mol. The summed E-state index contributed by atoms with van der Waals surface area (Å²) in [7, 11) is 2.14. The number of benzene rings is 1. The van der Waals surface area contributed by atoms with E-state index in [-0.39, 0.29) is 11.6 Å². The summed E-state index contributed by atoms with van der Waals surface area (Å²) in [6.45, 7) is 3.81. The molecule has 4 heteroatoms. The molecule has 1 aromatic rings. The van der Waals surface area contributed by atoms with E-state index in [1.807, 2.05) is 0 Å². The summed E-state index contributed by atoms with van der Waals surface area (Å²) in [4.78, 5) is 2.35. The van der Waals surface area contributed by atoms with Crippen LogP contribution in [0.4, 0.5) is 4.39 Å². The minimum Gasteiger partial charge on any atom is -0.508 e. The van der Waals surface area contributed by atoms with Gasteiger partial charge in [0.15, 0.2) is 0 Å². The number of phenolic OH excluding ortho intramolecular Hbond substituents is 1. The summed E-state index contributed by atoms with van der Waals surface area (Å²) in [5, 5.41) is 13.0. The SMILES string of the molecule is CC1CC(NCc2cc(F)ccc2O)CCN1C. The fraction of sp³-hybridized carbons (Fsp3) is 0.571. The van der Waals surface area contributed by atoms with E-state index in [4.69, 9.17) is 0 Å². The zero-order valence-electron chi connectivity index (χ0n) is 11.0. The molecule has 18 heavy (non-hydrogen) atoms. The van der Waals surface area contributed by atoms with Crippen LogP contribution in [-0.4, -0.2) is 35.7 Å². The molecule has 100 valence electrons. The largest absolute Gasteiger partial charge is 0.508 e. The molecule has 0 radical (unpaired) electrons. The quantitative estimate of drug-likeness (QED) is 0.865. The Kier molecular flexibility index (Phi) is 4.19. The molecule has 0 spiro atoms. The Hall–Kier alpha value is -1.13. The van der Waals surface area contributed by atoms with Crippen LogP contribution in [-0.2, 0) is 6.54 Å². The first kappa shape index (κ1) is 13.3. The fourth-order valence-electron chi connectivity index (χ4n) is 2.42. The van der Waals surface area contributed by atoms with E-state index >= 15 is 0 Å². The van der Waals surface area contributed by atoms with Gasteiger partial charge in [-0.1, -0.05) is 0 Å². The number of hydrogen-bond donors (Lipinski definition) is 2. The Labute approximate surface area is 108 Å². The molecule has 2 unspecified atom stereocenters. The van der Waals surface area contributed by atoms with E-state index in [9.17, 15) is 9.50 Å². The van der Waals surface area contributed by atoms with Gasteiger partial charge in [0.1, 0.15) is 11.6 Å². The standard InChI is InChI=1S/C14H21FN2O/c1-10-7-13(5-6-17(10)2)16-9-11-8-12(15)3-4-14(11)18/h3-4,8,10,13,16,18H,5-7,9H2,1-2H3. The van der Waals surface area contributed by atoms with Crippen LogP contribution in [0.1, 0.15) is 25.3 Å². The van der Waals surface area contributed by atoms with E-state index in [1.165, 1.54) is 18.2 Å². The van der Waals surface area contributed by atoms with Crippen molar-refractivity contribution in [1.82, 2.24) is 10.2 Å². The second-order valence-corrected chi connectivity index (χ2v) is 5.20. The molecule has 0 amide bonds. The van der Waals surface area contributed by atoms with Crippen molar-refractivity contribution in [2.24, 2.45) is 0 Å². The lowest BCUT2D eigenvalue weighted by molar-refractivity contribution is 0.168. The Morgan fingerprint density at radius 1 is 1.50 bits per heavy atom. The third-order valence-electron chi connectivity index (χ3n) is 3.83. The number of halogens is 1. The number of rotatable bonds is 3. The summed E-state index contributed by atoms with van der Waals surface area (Å²) < 4.78 is 13.1. The number of aromatic hydroxyl groups is 1. The molecule has 1 aliphatic heterocycles. The molecule has 0 bridgehead atoms. The van der Waals surface area contributed by atoms with Crippen LogP contribution in [0.5, 0.6) is 5.75 Å². The number of likely N-dealkylation sites (tertiary alicyclic amines) is 1. The molecule has 1 heterocycles. The summed E-state index contributed by atoms with van der Waals surface area (Å²) in [6, 6.07) is 5.08. The molecule has 2 N–H and O–H groups in total. The topological polar surface area (TPSA) is 35.5 Å². The Bertz CT molecular complexity index is 411. The zero-order valence-corrected chi connectivity index (χ0v) is 11.0. The number of hydrogen-bond acceptors (Lipinski definition) is 3. The van der Waals surface area contributed by atoms with Gasteiger partial charge >= 0.3 is 0 Å². The maximum atomic E-state index is 13.1. The second-order valence-electron chi connectivity index (χ2n) is 5.20. The number of phenols is 1. The van der Waals surface area contributed by atoms with Crippen molar-refractivity contribution in [3.05, 3.63) is 29.6 Å². The Morgan fingerprint density at radius 3 is 3.00 bits per heavy atom. The lowest BCUT2D eigenvalue weighted by atomic mass is 9.98. The third-order valence-corrected chi connectivity index (χ3v) is 3.83. The van der Waals surface area contributed by atoms with E-state index in [0.717, 1.165) is 19.4 Å². The summed E-state index contributed by atoms with van der Waals surface area (Å²) in [6.07, 6.45) is 2.18. The van der Waals surface area contributed by atoms with Crippen molar-refractivity contribution >= 4 is 0 Å². The number of nitrogens with one attached hydrogen (secondary N) is 1. The predicted molar refractivity (Wildman–Crippen MR) is 70.0 cm³/mol. The van der Waals surface area contributed by atoms with Crippen LogP contribution >= 0.6 is 0 Å². The molecular weight excluding hydrogens is 231 g/mol. The van der Waals surface area contributed by atoms with Crippen LogP contribution in [0.25, 0.3) is 0 Å². The van der Waals surface area contributed by atoms with E-state index in [0.29, 0.717) is 24.2 Å². The molecule has 1 saturated heterocycles. The van der Waals surface area contributed by atoms with Crippen molar-refractivity contribution in [1.29, 1.82) is 0 Å². The molecule has 0 saturated carbocycles. The molecular formula is C14H21FN2O. The van der Waals surface area contributed by atoms with Gasteiger partial charge in [0.05, 0.1) is 0 Å². The average Bonchev–Trinajstić information content (AvgIpc) is 2.34. The zero-order chi connectivity index (χ0) is 13.1. The van der Waals surface area contributed by atoms with Crippen molar-refractivity contribution in [2.45, 2.75) is 38.4 Å². The van der Waals surface area contributed by atoms with E-state index in [2.05, 4.69) is 24.2 Å². The summed E-state index contributed by atoms with van der Waals surface area (Å²) >= 11 is 0. The highest BCUT2D eigenvalue weighted by Crippen LogP contribution is 2.20. The second kappa shape index (κ2) is 5.67. The van der Waals surface area contributed by atoms with Gasteiger partial charge in [-0.2, -0.15) is 0 Å². The van der Waals surface area contributed by atoms with Crippen LogP contribution in [0.15, 0.2) is 18.2 Å². The highest BCUT2D eigenvalue weighted by molar-refractivity contribution is 5.32. The summed E-state index contributed by atoms with van der Waals surface area (Å²) in [5.74, 6) is -0.147. The normalized spacial score (nSPS) is 25.3. The van der Waals surface area contributed by atoms with Crippen LogP contribution < -0.4 is 5.32 Å². The minimum atomic E-state index is -0.304. The highest BCUT2D eigenvalue weighted by Gasteiger charge is 2.22. The van der Waals surface area contributed by atoms with Crippen LogP contribution in [0.2, 0.25) is 0 Å². The highest BCUT2D eigenvalue weighted by atomic mass is 19.1. The lowest BCUT2D eigenvalue weighted by Crippen LogP contribution is -2.45. The molecule has 1 fully saturated rings. The molecule has 2 rings (SSSR count). The van der Waals surface area contributed by atoms with Crippen LogP contribution in [0.3, 0.4) is 0 Å². The predicted octanol–water partition coefficient (Wildman–Crippen LogP) is 2.10. The van der Waals surface area contributed by atoms with Gasteiger partial charge in [-0.15, -0.1) is 0 Å². The van der Waals surface area contributed by atoms with Gasteiger partial charge in [0, 0.05) is 24.2 Å². The smallest absolute Gasteiger partial charge is 0.123 e. The third kappa shape index (κ3) is 3.21. The van der Waals surface area contributed by atoms with Crippen molar-refractivity contribution in [2.75, 3.05) is 13.6 Å². The van der Waals surface area contributed by atoms with Crippen LogP contribution in [0, 0.1) is 5.82 Å². The first-order valence-corrected chi connectivity index (χ1v) is 6.47. The Morgan fingerprint density at radius 2 is 2.28 bits per heavy atom. The van der Waals surface area contributed by atoms with Crippen molar-refractivity contribution < 1.29 is 9.50 Å². The number of nitrogens with zero attached hydrogens (tertiary/aromatic N) is 1. The molecule has 2 atom stereocenters. The van der Waals surface area contributed by atoms with Crippen molar-refractivity contribution in [3.8, 4) is 5.75 Å². The molecule has 0 aliphatic carbocycles. The van der Waals surface area contributed by atoms with Gasteiger partial charge in [-0.25, -0.2) is 4.39 Å². The monoisotopic (exact) mass is 252 g/mol. The van der Waals surface area contributed by atoms with Gasteiger partial charge in [0.25, 0.3) is 0 Å². The molecule has 3 nitrogen and oxygen atoms in total. The molecule has 0 aromatic heterocycles. The van der Waals surface area contributed by atoms with Gasteiger partial charge in [-0.3, -0.25) is 0 Å². The van der Waals surface area contributed by atoms with Gasteiger partial charge in [-0.05, 0) is 51.6 Å². The van der Waals surface area contributed by atoms with Crippen molar-refractivity contribution in [3.63, 3.8) is 0 Å². The van der Waals surface area contributed by atoms with E-state index < -0.39 is 0 Å². The van der Waals surface area contributed by atoms with Gasteiger partial charge < -0.3 is 15.3 Å². The van der Waals surface area contributed by atoms with E-state index in [1.54, 1.807) is 0 Å². The summed E-state index contributed by atoms with van der Waals surface area (Å²) in [5.41, 5.74) is 0.626.